The van der Waals surface area contributed by atoms with Gasteiger partial charge in [0.05, 0.1) is 18.8 Å². The third-order valence-corrected chi connectivity index (χ3v) is 8.13. The molecular weight excluding hydrogens is 560 g/mol. The molecule has 1 saturated heterocycles. The van der Waals surface area contributed by atoms with E-state index in [2.05, 4.69) is 16.0 Å². The molecule has 242 valence electrons. The van der Waals surface area contributed by atoms with Crippen molar-refractivity contribution in [3.8, 4) is 5.75 Å². The number of amides is 4. The summed E-state index contributed by atoms with van der Waals surface area (Å²) in [7, 11) is 0. The molecule has 4 amide bonds. The number of benzene rings is 2. The summed E-state index contributed by atoms with van der Waals surface area (Å²) >= 11 is 0. The average Bonchev–Trinajstić information content (AvgIpc) is 3.33. The molecule has 44 heavy (non-hydrogen) atoms. The van der Waals surface area contributed by atoms with E-state index in [0.29, 0.717) is 38.3 Å². The van der Waals surface area contributed by atoms with E-state index in [1.165, 1.54) is 0 Å². The third kappa shape index (κ3) is 10.8. The number of nitrogens with one attached hydrogen (secondary N) is 3. The topological polar surface area (TPSA) is 140 Å². The Morgan fingerprint density at radius 1 is 0.841 bits per heavy atom. The standard InChI is InChI=1S/C34H50N4O6/c1-4-34(23-39,24-40)37-32(42)30(21-26-14-16-28(17-15-26)44-22-27-12-8-7-9-13-27)35-31(41)29(20-25(2)3)36-33(43)38-18-10-5-6-11-19-38/h7-9,12-17,25,29-30,39-40H,4-6,10-11,18-24H2,1-3H3,(H,35,41)(H,36,43)(H,37,42)/t29-,30-/m0/s1. The molecule has 2 aromatic rings. The van der Waals surface area contributed by atoms with Crippen molar-refractivity contribution in [1.29, 1.82) is 0 Å². The van der Waals surface area contributed by atoms with Crippen molar-refractivity contribution in [2.45, 2.75) is 89.9 Å². The second-order valence-electron chi connectivity index (χ2n) is 12.2. The van der Waals surface area contributed by atoms with Gasteiger partial charge in [0.2, 0.25) is 11.8 Å². The second kappa shape index (κ2) is 17.6. The van der Waals surface area contributed by atoms with Gasteiger partial charge < -0.3 is 35.8 Å². The highest BCUT2D eigenvalue weighted by Crippen LogP contribution is 2.17. The van der Waals surface area contributed by atoms with Gasteiger partial charge in [-0.3, -0.25) is 9.59 Å². The van der Waals surface area contributed by atoms with Crippen LogP contribution in [0.4, 0.5) is 4.79 Å². The van der Waals surface area contributed by atoms with Gasteiger partial charge in [0, 0.05) is 19.5 Å². The molecule has 2 aromatic carbocycles. The van der Waals surface area contributed by atoms with Crippen molar-refractivity contribution in [2.24, 2.45) is 5.92 Å². The fourth-order valence-electron chi connectivity index (χ4n) is 5.19. The molecule has 0 spiro atoms. The molecule has 0 saturated carbocycles. The lowest BCUT2D eigenvalue weighted by Gasteiger charge is -2.32. The molecule has 0 radical (unpaired) electrons. The first-order valence-electron chi connectivity index (χ1n) is 15.8. The van der Waals surface area contributed by atoms with E-state index in [9.17, 15) is 24.6 Å². The summed E-state index contributed by atoms with van der Waals surface area (Å²) < 4.78 is 5.89. The average molecular weight is 611 g/mol. The van der Waals surface area contributed by atoms with Crippen molar-refractivity contribution in [2.75, 3.05) is 26.3 Å². The van der Waals surface area contributed by atoms with Crippen LogP contribution < -0.4 is 20.7 Å². The predicted molar refractivity (Wildman–Crippen MR) is 170 cm³/mol. The van der Waals surface area contributed by atoms with Crippen LogP contribution in [0.2, 0.25) is 0 Å². The van der Waals surface area contributed by atoms with Crippen molar-refractivity contribution in [3.63, 3.8) is 0 Å². The largest absolute Gasteiger partial charge is 0.489 e. The van der Waals surface area contributed by atoms with E-state index in [-0.39, 0.29) is 18.4 Å². The summed E-state index contributed by atoms with van der Waals surface area (Å²) in [4.78, 5) is 42.1. The lowest BCUT2D eigenvalue weighted by atomic mass is 9.96. The van der Waals surface area contributed by atoms with Crippen LogP contribution in [-0.4, -0.2) is 76.9 Å². The first kappa shape index (κ1) is 34.9. The maximum Gasteiger partial charge on any atom is 0.318 e. The SMILES string of the molecule is CCC(CO)(CO)NC(=O)[C@H](Cc1ccc(OCc2ccccc2)cc1)NC(=O)[C@H](CC(C)C)NC(=O)N1CCCCCC1. The molecule has 5 N–H and O–H groups in total. The lowest BCUT2D eigenvalue weighted by molar-refractivity contribution is -0.132. The number of hydrogen-bond donors (Lipinski definition) is 5. The number of rotatable bonds is 15. The van der Waals surface area contributed by atoms with Crippen LogP contribution in [0, 0.1) is 5.92 Å². The molecule has 1 fully saturated rings. The molecule has 0 bridgehead atoms. The zero-order valence-electron chi connectivity index (χ0n) is 26.4. The van der Waals surface area contributed by atoms with Gasteiger partial charge >= 0.3 is 6.03 Å². The molecule has 10 heteroatoms. The summed E-state index contributed by atoms with van der Waals surface area (Å²) in [6, 6.07) is 15.0. The van der Waals surface area contributed by atoms with Crippen LogP contribution in [0.5, 0.6) is 5.75 Å². The first-order valence-corrected chi connectivity index (χ1v) is 15.8. The quantitative estimate of drug-likeness (QED) is 0.209. The van der Waals surface area contributed by atoms with Gasteiger partial charge in [-0.2, -0.15) is 0 Å². The summed E-state index contributed by atoms with van der Waals surface area (Å²) in [6.45, 7) is 6.51. The number of likely N-dealkylation sites (tertiary alicyclic amines) is 1. The monoisotopic (exact) mass is 610 g/mol. The summed E-state index contributed by atoms with van der Waals surface area (Å²) in [5.41, 5.74) is 0.594. The molecule has 2 atom stereocenters. The highest BCUT2D eigenvalue weighted by molar-refractivity contribution is 5.92. The Kier molecular flexibility index (Phi) is 14.0. The Bertz CT molecular complexity index is 1150. The second-order valence-corrected chi connectivity index (χ2v) is 12.2. The number of carbonyl (C=O) groups excluding carboxylic acids is 3. The third-order valence-electron chi connectivity index (χ3n) is 8.13. The lowest BCUT2D eigenvalue weighted by Crippen LogP contribution is -2.61. The van der Waals surface area contributed by atoms with Crippen LogP contribution >= 0.6 is 0 Å². The van der Waals surface area contributed by atoms with Crippen LogP contribution in [0.25, 0.3) is 0 Å². The highest BCUT2D eigenvalue weighted by atomic mass is 16.5. The Balaban J connectivity index is 1.76. The normalized spacial score (nSPS) is 15.2. The van der Waals surface area contributed by atoms with Gasteiger partial charge in [-0.05, 0) is 54.9 Å². The minimum absolute atomic E-state index is 0.113. The van der Waals surface area contributed by atoms with Crippen molar-refractivity contribution >= 4 is 17.8 Å². The van der Waals surface area contributed by atoms with Crippen LogP contribution in [-0.2, 0) is 22.6 Å². The Hall–Kier alpha value is -3.63. The molecule has 0 unspecified atom stereocenters. The zero-order valence-corrected chi connectivity index (χ0v) is 26.4. The minimum Gasteiger partial charge on any atom is -0.489 e. The maximum absolute atomic E-state index is 13.7. The molecule has 3 rings (SSSR count). The Morgan fingerprint density at radius 3 is 2.05 bits per heavy atom. The van der Waals surface area contributed by atoms with Crippen LogP contribution in [0.3, 0.4) is 0 Å². The molecule has 0 aromatic heterocycles. The smallest absolute Gasteiger partial charge is 0.318 e. The predicted octanol–water partition coefficient (Wildman–Crippen LogP) is 3.54. The van der Waals surface area contributed by atoms with Gasteiger partial charge in [0.1, 0.15) is 24.4 Å². The molecule has 0 aliphatic carbocycles. The number of nitrogens with zero attached hydrogens (tertiary/aromatic N) is 1. The minimum atomic E-state index is -1.23. The van der Waals surface area contributed by atoms with E-state index >= 15 is 0 Å². The number of aliphatic hydroxyl groups is 2. The zero-order chi connectivity index (χ0) is 32.0. The Morgan fingerprint density at radius 2 is 1.48 bits per heavy atom. The summed E-state index contributed by atoms with van der Waals surface area (Å²) in [5, 5.41) is 28.4. The van der Waals surface area contributed by atoms with E-state index in [0.717, 1.165) is 36.8 Å². The maximum atomic E-state index is 13.7. The fourth-order valence-corrected chi connectivity index (χ4v) is 5.19. The molecule has 1 aliphatic heterocycles. The summed E-state index contributed by atoms with van der Waals surface area (Å²) in [6.07, 6.45) is 4.88. The molecular formula is C34H50N4O6. The van der Waals surface area contributed by atoms with Gasteiger partial charge in [-0.15, -0.1) is 0 Å². The highest BCUT2D eigenvalue weighted by Gasteiger charge is 2.34. The fraction of sp³-hybridized carbons (Fsp3) is 0.559. The van der Waals surface area contributed by atoms with E-state index in [1.807, 2.05) is 68.4 Å². The summed E-state index contributed by atoms with van der Waals surface area (Å²) in [5.74, 6) is -0.210. The number of urea groups is 1. The van der Waals surface area contributed by atoms with Crippen LogP contribution in [0.15, 0.2) is 54.6 Å². The van der Waals surface area contributed by atoms with E-state index < -0.39 is 42.7 Å². The van der Waals surface area contributed by atoms with Gasteiger partial charge in [-0.1, -0.05) is 76.1 Å². The first-order chi connectivity index (χ1) is 21.2. The van der Waals surface area contributed by atoms with Gasteiger partial charge in [0.15, 0.2) is 0 Å². The Labute approximate surface area is 261 Å². The van der Waals surface area contributed by atoms with Crippen molar-refractivity contribution in [1.82, 2.24) is 20.9 Å². The number of carbonyl (C=O) groups is 3. The van der Waals surface area contributed by atoms with Gasteiger partial charge in [-0.25, -0.2) is 4.79 Å². The van der Waals surface area contributed by atoms with E-state index in [4.69, 9.17) is 4.74 Å². The number of hydrogen-bond acceptors (Lipinski definition) is 6. The van der Waals surface area contributed by atoms with Crippen LogP contribution in [0.1, 0.15) is 70.4 Å². The molecule has 1 aliphatic rings. The van der Waals surface area contributed by atoms with Crippen molar-refractivity contribution < 1.29 is 29.3 Å². The van der Waals surface area contributed by atoms with Gasteiger partial charge in [0.25, 0.3) is 0 Å². The van der Waals surface area contributed by atoms with Crippen molar-refractivity contribution in [3.05, 3.63) is 65.7 Å². The number of ether oxygens (including phenoxy) is 1. The molecule has 1 heterocycles. The number of aliphatic hydroxyl groups excluding tert-OH is 2. The van der Waals surface area contributed by atoms with E-state index in [1.54, 1.807) is 11.8 Å². The molecule has 10 nitrogen and oxygen atoms in total.